The highest BCUT2D eigenvalue weighted by atomic mass is 16.5. The monoisotopic (exact) mass is 181 g/mol. The second-order valence-electron chi connectivity index (χ2n) is 3.90. The van der Waals surface area contributed by atoms with E-state index < -0.39 is 0 Å². The molecule has 0 aromatic heterocycles. The van der Waals surface area contributed by atoms with Crippen LogP contribution < -0.4 is 5.73 Å². The van der Waals surface area contributed by atoms with Crippen LogP contribution in [0.3, 0.4) is 0 Å². The summed E-state index contributed by atoms with van der Waals surface area (Å²) in [6, 6.07) is 0. The Hall–Kier alpha value is -0.990. The Morgan fingerprint density at radius 2 is 2.46 bits per heavy atom. The molecule has 2 rings (SSSR count). The van der Waals surface area contributed by atoms with Crippen molar-refractivity contribution in [1.29, 1.82) is 0 Å². The molecular weight excluding hydrogens is 166 g/mol. The van der Waals surface area contributed by atoms with E-state index in [2.05, 4.69) is 6.08 Å². The first-order valence-electron chi connectivity index (χ1n) is 4.88. The van der Waals surface area contributed by atoms with Gasteiger partial charge in [0, 0.05) is 5.92 Å². The smallest absolute Gasteiger partial charge is 0.220 e. The highest BCUT2D eigenvalue weighted by molar-refractivity contribution is 5.73. The van der Waals surface area contributed by atoms with Gasteiger partial charge in [0.05, 0.1) is 18.8 Å². The Morgan fingerprint density at radius 1 is 1.62 bits per heavy atom. The molecule has 2 bridgehead atoms. The molecule has 0 saturated heterocycles. The van der Waals surface area contributed by atoms with Gasteiger partial charge in [0.2, 0.25) is 5.91 Å². The van der Waals surface area contributed by atoms with Crippen molar-refractivity contribution in [2.24, 2.45) is 17.6 Å². The molecular formula is C10H15NO2. The molecule has 0 aliphatic heterocycles. The Morgan fingerprint density at radius 3 is 3.00 bits per heavy atom. The lowest BCUT2D eigenvalue weighted by molar-refractivity contribution is -0.118. The van der Waals surface area contributed by atoms with Crippen molar-refractivity contribution >= 4 is 5.91 Å². The number of allylic oxidation sites excluding steroid dienone is 2. The second kappa shape index (κ2) is 3.40. The molecule has 0 aromatic rings. The van der Waals surface area contributed by atoms with Crippen molar-refractivity contribution in [1.82, 2.24) is 0 Å². The van der Waals surface area contributed by atoms with Crippen LogP contribution in [-0.2, 0) is 9.53 Å². The summed E-state index contributed by atoms with van der Waals surface area (Å²) in [6.07, 6.45) is 6.37. The van der Waals surface area contributed by atoms with Crippen molar-refractivity contribution in [2.75, 3.05) is 6.61 Å². The minimum Gasteiger partial charge on any atom is -0.497 e. The van der Waals surface area contributed by atoms with Gasteiger partial charge in [-0.05, 0) is 31.3 Å². The molecule has 0 radical (unpaired) electrons. The number of hydrogen-bond donors (Lipinski definition) is 1. The minimum absolute atomic E-state index is 0.288. The van der Waals surface area contributed by atoms with Crippen LogP contribution in [0.2, 0.25) is 0 Å². The molecule has 1 unspecified atom stereocenters. The van der Waals surface area contributed by atoms with Crippen LogP contribution in [-0.4, -0.2) is 12.5 Å². The summed E-state index contributed by atoms with van der Waals surface area (Å²) in [5.74, 6) is 2.20. The van der Waals surface area contributed by atoms with E-state index in [1.54, 1.807) is 0 Å². The maximum absolute atomic E-state index is 10.5. The summed E-state index contributed by atoms with van der Waals surface area (Å²) in [6.45, 7) is 0.449. The van der Waals surface area contributed by atoms with Crippen LogP contribution in [0.5, 0.6) is 0 Å². The second-order valence-corrected chi connectivity index (χ2v) is 3.90. The van der Waals surface area contributed by atoms with Gasteiger partial charge in [0.25, 0.3) is 0 Å². The lowest BCUT2D eigenvalue weighted by atomic mass is 10.1. The van der Waals surface area contributed by atoms with Gasteiger partial charge >= 0.3 is 0 Å². The van der Waals surface area contributed by atoms with Crippen molar-refractivity contribution in [2.45, 2.75) is 25.7 Å². The van der Waals surface area contributed by atoms with Gasteiger partial charge in [-0.3, -0.25) is 4.79 Å². The summed E-state index contributed by atoms with van der Waals surface area (Å²) in [5, 5.41) is 0. The van der Waals surface area contributed by atoms with Gasteiger partial charge in [-0.15, -0.1) is 0 Å². The van der Waals surface area contributed by atoms with Crippen LogP contribution in [0.15, 0.2) is 11.8 Å². The van der Waals surface area contributed by atoms with Gasteiger partial charge in [0.15, 0.2) is 0 Å². The predicted octanol–water partition coefficient (Wildman–Crippen LogP) is 1.19. The van der Waals surface area contributed by atoms with E-state index in [1.165, 1.54) is 19.3 Å². The molecule has 0 aromatic carbocycles. The predicted molar refractivity (Wildman–Crippen MR) is 48.7 cm³/mol. The zero-order valence-electron chi connectivity index (χ0n) is 7.66. The van der Waals surface area contributed by atoms with Crippen LogP contribution in [0.25, 0.3) is 0 Å². The molecule has 0 spiro atoms. The molecule has 1 amide bonds. The third-order valence-electron chi connectivity index (χ3n) is 2.89. The molecule has 2 aliphatic carbocycles. The van der Waals surface area contributed by atoms with E-state index >= 15 is 0 Å². The normalized spacial score (nSPS) is 30.3. The Kier molecular flexibility index (Phi) is 2.25. The maximum Gasteiger partial charge on any atom is 0.220 e. The van der Waals surface area contributed by atoms with Crippen LogP contribution in [0.4, 0.5) is 0 Å². The summed E-state index contributed by atoms with van der Waals surface area (Å²) in [4.78, 5) is 10.5. The fourth-order valence-corrected chi connectivity index (χ4v) is 2.23. The van der Waals surface area contributed by atoms with Crippen molar-refractivity contribution in [3.05, 3.63) is 11.8 Å². The van der Waals surface area contributed by atoms with Crippen LogP contribution >= 0.6 is 0 Å². The maximum atomic E-state index is 10.5. The zero-order chi connectivity index (χ0) is 9.26. The number of amides is 1. The number of carbonyl (C=O) groups is 1. The largest absolute Gasteiger partial charge is 0.497 e. The average molecular weight is 181 g/mol. The molecule has 0 heterocycles. The van der Waals surface area contributed by atoms with Gasteiger partial charge in [-0.25, -0.2) is 0 Å². The van der Waals surface area contributed by atoms with Crippen molar-refractivity contribution in [3.63, 3.8) is 0 Å². The molecule has 13 heavy (non-hydrogen) atoms. The molecule has 1 saturated carbocycles. The number of hydrogen-bond acceptors (Lipinski definition) is 2. The first kappa shape index (κ1) is 8.60. The molecule has 72 valence electrons. The van der Waals surface area contributed by atoms with Crippen LogP contribution in [0, 0.1) is 11.8 Å². The number of carbonyl (C=O) groups excluding carboxylic acids is 1. The van der Waals surface area contributed by atoms with Crippen molar-refractivity contribution in [3.8, 4) is 0 Å². The summed E-state index contributed by atoms with van der Waals surface area (Å²) >= 11 is 0. The standard InChI is InChI=1S/C10H15NO2/c11-10(12)3-4-13-9-6-7-1-2-8(9)5-7/h6-8H,1-5H2,(H2,11,12)/t7?,8-/m0/s1. The van der Waals surface area contributed by atoms with E-state index in [4.69, 9.17) is 10.5 Å². The quantitative estimate of drug-likeness (QED) is 0.708. The van der Waals surface area contributed by atoms with Gasteiger partial charge in [-0.2, -0.15) is 0 Å². The number of nitrogens with two attached hydrogens (primary N) is 1. The molecule has 3 heteroatoms. The fourth-order valence-electron chi connectivity index (χ4n) is 2.23. The van der Waals surface area contributed by atoms with E-state index in [1.807, 2.05) is 0 Å². The summed E-state index contributed by atoms with van der Waals surface area (Å²) in [5.41, 5.74) is 5.01. The molecule has 1 fully saturated rings. The number of ether oxygens (including phenoxy) is 1. The number of fused-ring (bicyclic) bond motifs is 2. The fraction of sp³-hybridized carbons (Fsp3) is 0.700. The van der Waals surface area contributed by atoms with E-state index in [9.17, 15) is 4.79 Å². The van der Waals surface area contributed by atoms with Crippen LogP contribution in [0.1, 0.15) is 25.7 Å². The van der Waals surface area contributed by atoms with E-state index in [0.717, 1.165) is 11.7 Å². The van der Waals surface area contributed by atoms with Gasteiger partial charge in [0.1, 0.15) is 0 Å². The minimum atomic E-state index is -0.288. The molecule has 2 atom stereocenters. The number of rotatable bonds is 4. The first-order chi connectivity index (χ1) is 6.25. The third-order valence-corrected chi connectivity index (χ3v) is 2.89. The van der Waals surface area contributed by atoms with Gasteiger partial charge in [-0.1, -0.05) is 0 Å². The average Bonchev–Trinajstić information content (AvgIpc) is 2.64. The first-order valence-corrected chi connectivity index (χ1v) is 4.88. The highest BCUT2D eigenvalue weighted by Gasteiger charge is 2.33. The zero-order valence-corrected chi connectivity index (χ0v) is 7.66. The van der Waals surface area contributed by atoms with E-state index in [0.29, 0.717) is 18.9 Å². The van der Waals surface area contributed by atoms with Gasteiger partial charge < -0.3 is 10.5 Å². The lowest BCUT2D eigenvalue weighted by Gasteiger charge is -2.14. The highest BCUT2D eigenvalue weighted by Crippen LogP contribution is 2.43. The Labute approximate surface area is 77.9 Å². The molecule has 2 aliphatic rings. The Bertz CT molecular complexity index is 247. The topological polar surface area (TPSA) is 52.3 Å². The SMILES string of the molecule is NC(=O)CCOC1=CC2CC[C@H]1C2. The molecule has 3 nitrogen and oxygen atoms in total. The molecule has 2 N–H and O–H groups in total. The summed E-state index contributed by atoms with van der Waals surface area (Å²) in [7, 11) is 0. The lowest BCUT2D eigenvalue weighted by Crippen LogP contribution is -2.14. The number of primary amides is 1. The van der Waals surface area contributed by atoms with Crippen molar-refractivity contribution < 1.29 is 9.53 Å². The summed E-state index contributed by atoms with van der Waals surface area (Å²) < 4.78 is 5.51. The third kappa shape index (κ3) is 1.85. The van der Waals surface area contributed by atoms with E-state index in [-0.39, 0.29) is 5.91 Å². The Balaban J connectivity index is 1.77.